The van der Waals surface area contributed by atoms with Gasteiger partial charge in [-0.2, -0.15) is 0 Å². The van der Waals surface area contributed by atoms with Crippen molar-refractivity contribution >= 4 is 0 Å². The first-order valence-electron chi connectivity index (χ1n) is 5.30. The molecule has 92 valence electrons. The molecule has 0 fully saturated rings. The summed E-state index contributed by atoms with van der Waals surface area (Å²) in [4.78, 5) is 0. The van der Waals surface area contributed by atoms with Gasteiger partial charge in [0.2, 0.25) is 5.76 Å². The van der Waals surface area contributed by atoms with Crippen LogP contribution in [0.5, 0.6) is 0 Å². The lowest BCUT2D eigenvalue weighted by molar-refractivity contribution is 0.185. The fraction of sp³-hybridized carbons (Fsp3) is 0.333. The minimum absolute atomic E-state index is 0.333. The van der Waals surface area contributed by atoms with Gasteiger partial charge in [0.15, 0.2) is 17.4 Å². The van der Waals surface area contributed by atoms with Gasteiger partial charge >= 0.3 is 0 Å². The summed E-state index contributed by atoms with van der Waals surface area (Å²) < 4.78 is 16.1. The SMILES string of the molecule is CNC1=C2CC=C(OC)C(OC)=C2OC(N)=C1. The fourth-order valence-corrected chi connectivity index (χ4v) is 1.94. The van der Waals surface area contributed by atoms with Crippen LogP contribution in [-0.4, -0.2) is 21.3 Å². The van der Waals surface area contributed by atoms with Crippen molar-refractivity contribution in [2.75, 3.05) is 21.3 Å². The van der Waals surface area contributed by atoms with Crippen molar-refractivity contribution in [3.63, 3.8) is 0 Å². The van der Waals surface area contributed by atoms with Crippen molar-refractivity contribution in [1.29, 1.82) is 0 Å². The average molecular weight is 236 g/mol. The van der Waals surface area contributed by atoms with E-state index in [0.29, 0.717) is 29.6 Å². The standard InChI is InChI=1S/C12H16N2O3/c1-14-8-6-10(13)17-11-7(8)4-5-9(15-2)12(11)16-3/h5-6,14H,4,13H2,1-3H3. The second kappa shape index (κ2) is 4.45. The molecule has 0 saturated carbocycles. The molecule has 0 unspecified atom stereocenters. The third kappa shape index (κ3) is 1.84. The van der Waals surface area contributed by atoms with Crippen molar-refractivity contribution in [3.8, 4) is 0 Å². The Hall–Kier alpha value is -2.04. The molecule has 2 aliphatic rings. The normalized spacial score (nSPS) is 19.0. The van der Waals surface area contributed by atoms with E-state index in [2.05, 4.69) is 5.32 Å². The molecule has 1 aliphatic carbocycles. The average Bonchev–Trinajstić information content (AvgIpc) is 2.36. The van der Waals surface area contributed by atoms with Crippen LogP contribution in [0.4, 0.5) is 0 Å². The summed E-state index contributed by atoms with van der Waals surface area (Å²) in [6.07, 6.45) is 4.43. The Bertz CT molecular complexity index is 458. The molecule has 0 atom stereocenters. The van der Waals surface area contributed by atoms with Gasteiger partial charge in [-0.15, -0.1) is 0 Å². The van der Waals surface area contributed by atoms with Gasteiger partial charge < -0.3 is 25.3 Å². The molecule has 0 aromatic carbocycles. The van der Waals surface area contributed by atoms with E-state index in [-0.39, 0.29) is 0 Å². The van der Waals surface area contributed by atoms with Crippen LogP contribution in [0.1, 0.15) is 6.42 Å². The number of fused-ring (bicyclic) bond motifs is 1. The summed E-state index contributed by atoms with van der Waals surface area (Å²) in [5, 5.41) is 3.09. The highest BCUT2D eigenvalue weighted by molar-refractivity contribution is 5.49. The maximum absolute atomic E-state index is 5.73. The van der Waals surface area contributed by atoms with Gasteiger partial charge in [-0.25, -0.2) is 0 Å². The first-order valence-corrected chi connectivity index (χ1v) is 5.30. The minimum Gasteiger partial charge on any atom is -0.493 e. The first-order chi connectivity index (χ1) is 8.21. The first kappa shape index (κ1) is 11.4. The minimum atomic E-state index is 0.333. The Morgan fingerprint density at radius 3 is 2.71 bits per heavy atom. The molecule has 5 nitrogen and oxygen atoms in total. The topological polar surface area (TPSA) is 65.7 Å². The van der Waals surface area contributed by atoms with Crippen molar-refractivity contribution in [2.45, 2.75) is 6.42 Å². The Morgan fingerprint density at radius 1 is 1.35 bits per heavy atom. The number of ether oxygens (including phenoxy) is 3. The smallest absolute Gasteiger partial charge is 0.204 e. The quantitative estimate of drug-likeness (QED) is 0.767. The van der Waals surface area contributed by atoms with Crippen LogP contribution in [0.15, 0.2) is 46.6 Å². The van der Waals surface area contributed by atoms with Crippen LogP contribution in [-0.2, 0) is 14.2 Å². The van der Waals surface area contributed by atoms with E-state index in [9.17, 15) is 0 Å². The van der Waals surface area contributed by atoms with Crippen molar-refractivity contribution in [3.05, 3.63) is 46.6 Å². The highest BCUT2D eigenvalue weighted by Crippen LogP contribution is 2.36. The molecular weight excluding hydrogens is 220 g/mol. The molecule has 1 heterocycles. The largest absolute Gasteiger partial charge is 0.493 e. The van der Waals surface area contributed by atoms with Crippen LogP contribution in [0.3, 0.4) is 0 Å². The van der Waals surface area contributed by atoms with E-state index < -0.39 is 0 Å². The molecule has 0 aromatic rings. The van der Waals surface area contributed by atoms with Crippen LogP contribution in [0, 0.1) is 0 Å². The predicted molar refractivity (Wildman–Crippen MR) is 63.2 cm³/mol. The van der Waals surface area contributed by atoms with Gasteiger partial charge in [-0.05, 0) is 6.08 Å². The highest BCUT2D eigenvalue weighted by atomic mass is 16.5. The van der Waals surface area contributed by atoms with Crippen LogP contribution in [0.2, 0.25) is 0 Å². The molecule has 0 radical (unpaired) electrons. The van der Waals surface area contributed by atoms with Crippen LogP contribution < -0.4 is 11.1 Å². The maximum Gasteiger partial charge on any atom is 0.204 e. The number of hydrogen-bond donors (Lipinski definition) is 2. The third-order valence-corrected chi connectivity index (χ3v) is 2.72. The molecule has 5 heteroatoms. The van der Waals surface area contributed by atoms with Crippen molar-refractivity contribution in [2.24, 2.45) is 5.73 Å². The van der Waals surface area contributed by atoms with E-state index in [1.807, 2.05) is 13.1 Å². The molecule has 0 saturated heterocycles. The monoisotopic (exact) mass is 236 g/mol. The summed E-state index contributed by atoms with van der Waals surface area (Å²) in [6.45, 7) is 0. The number of likely N-dealkylation sites (N-methyl/N-ethyl adjacent to an activating group) is 1. The number of rotatable bonds is 3. The van der Waals surface area contributed by atoms with Gasteiger partial charge in [0.25, 0.3) is 0 Å². The van der Waals surface area contributed by atoms with E-state index in [4.69, 9.17) is 19.9 Å². The van der Waals surface area contributed by atoms with Crippen molar-refractivity contribution in [1.82, 2.24) is 5.32 Å². The summed E-state index contributed by atoms with van der Waals surface area (Å²) in [6, 6.07) is 0. The predicted octanol–water partition coefficient (Wildman–Crippen LogP) is 1.08. The molecule has 17 heavy (non-hydrogen) atoms. The zero-order valence-electron chi connectivity index (χ0n) is 10.2. The molecule has 0 spiro atoms. The number of nitrogens with one attached hydrogen (secondary N) is 1. The lowest BCUT2D eigenvalue weighted by atomic mass is 9.99. The Kier molecular flexibility index (Phi) is 2.99. The summed E-state index contributed by atoms with van der Waals surface area (Å²) in [5.41, 5.74) is 7.67. The number of methoxy groups -OCH3 is 2. The van der Waals surface area contributed by atoms with Gasteiger partial charge in [0, 0.05) is 30.8 Å². The lowest BCUT2D eigenvalue weighted by Crippen LogP contribution is -2.21. The van der Waals surface area contributed by atoms with E-state index >= 15 is 0 Å². The summed E-state index contributed by atoms with van der Waals surface area (Å²) >= 11 is 0. The zero-order chi connectivity index (χ0) is 12.4. The maximum atomic E-state index is 5.73. The zero-order valence-corrected chi connectivity index (χ0v) is 10.2. The van der Waals surface area contributed by atoms with E-state index in [0.717, 1.165) is 11.3 Å². The molecule has 0 amide bonds. The Balaban J connectivity index is 2.53. The molecule has 3 N–H and O–H groups in total. The molecule has 2 rings (SSSR count). The molecule has 0 aromatic heterocycles. The van der Waals surface area contributed by atoms with Crippen molar-refractivity contribution < 1.29 is 14.2 Å². The van der Waals surface area contributed by atoms with Crippen LogP contribution in [0.25, 0.3) is 0 Å². The molecule has 1 aliphatic heterocycles. The van der Waals surface area contributed by atoms with Gasteiger partial charge in [0.1, 0.15) is 0 Å². The Labute approximate surface area is 100 Å². The van der Waals surface area contributed by atoms with E-state index in [1.165, 1.54) is 0 Å². The Morgan fingerprint density at radius 2 is 2.12 bits per heavy atom. The number of nitrogens with two attached hydrogens (primary N) is 1. The highest BCUT2D eigenvalue weighted by Gasteiger charge is 2.28. The molecule has 0 bridgehead atoms. The summed E-state index contributed by atoms with van der Waals surface area (Å²) in [5.74, 6) is 2.19. The molecular formula is C12H16N2O3. The van der Waals surface area contributed by atoms with Gasteiger partial charge in [0.05, 0.1) is 14.2 Å². The summed E-state index contributed by atoms with van der Waals surface area (Å²) in [7, 11) is 5.02. The number of allylic oxidation sites excluding steroid dienone is 3. The van der Waals surface area contributed by atoms with Gasteiger partial charge in [-0.3, -0.25) is 0 Å². The lowest BCUT2D eigenvalue weighted by Gasteiger charge is -2.26. The second-order valence-electron chi connectivity index (χ2n) is 3.63. The van der Waals surface area contributed by atoms with Crippen LogP contribution >= 0.6 is 0 Å². The van der Waals surface area contributed by atoms with E-state index in [1.54, 1.807) is 20.3 Å². The van der Waals surface area contributed by atoms with Gasteiger partial charge in [-0.1, -0.05) is 0 Å². The fourth-order valence-electron chi connectivity index (χ4n) is 1.94. The third-order valence-electron chi connectivity index (χ3n) is 2.72. The second-order valence-corrected chi connectivity index (χ2v) is 3.63. The number of hydrogen-bond acceptors (Lipinski definition) is 5.